The van der Waals surface area contributed by atoms with E-state index < -0.39 is 12.2 Å². The molecule has 2 amide bonds. The topological polar surface area (TPSA) is 78.9 Å². The average Bonchev–Trinajstić information content (AvgIpc) is 2.89. The van der Waals surface area contributed by atoms with Crippen molar-refractivity contribution in [2.24, 2.45) is 0 Å². The van der Waals surface area contributed by atoms with Crippen molar-refractivity contribution in [1.29, 1.82) is 0 Å². The summed E-state index contributed by atoms with van der Waals surface area (Å²) >= 11 is 0. The van der Waals surface area contributed by atoms with Crippen molar-refractivity contribution in [2.75, 3.05) is 10.2 Å². The largest absolute Gasteiger partial charge is 0.465 e. The third-order valence-electron chi connectivity index (χ3n) is 3.96. The van der Waals surface area contributed by atoms with Crippen molar-refractivity contribution in [3.8, 4) is 0 Å². The molecule has 1 aliphatic heterocycles. The summed E-state index contributed by atoms with van der Waals surface area (Å²) in [6.45, 7) is 2.05. The molecule has 0 radical (unpaired) electrons. The number of benzene rings is 2. The number of rotatable bonds is 3. The summed E-state index contributed by atoms with van der Waals surface area (Å²) < 4.78 is 5.18. The first kappa shape index (κ1) is 15.9. The summed E-state index contributed by atoms with van der Waals surface area (Å²) in [5, 5.41) is 11.9. The lowest BCUT2D eigenvalue weighted by Gasteiger charge is -2.18. The maximum atomic E-state index is 11.9. The Labute approximate surface area is 139 Å². The van der Waals surface area contributed by atoms with Crippen molar-refractivity contribution in [3.63, 3.8) is 0 Å². The van der Waals surface area contributed by atoms with Gasteiger partial charge in [0.1, 0.15) is 6.61 Å². The van der Waals surface area contributed by atoms with Gasteiger partial charge in [-0.25, -0.2) is 9.59 Å². The number of carbonyl (C=O) groups is 2. The van der Waals surface area contributed by atoms with Gasteiger partial charge in [0.2, 0.25) is 0 Å². The van der Waals surface area contributed by atoms with Crippen molar-refractivity contribution < 1.29 is 19.4 Å². The molecule has 6 heteroatoms. The highest BCUT2D eigenvalue weighted by atomic mass is 16.5. The van der Waals surface area contributed by atoms with Crippen LogP contribution in [0.1, 0.15) is 18.1 Å². The minimum absolute atomic E-state index is 0.113. The molecule has 0 bridgehead atoms. The van der Waals surface area contributed by atoms with Crippen molar-refractivity contribution in [2.45, 2.75) is 26.0 Å². The van der Waals surface area contributed by atoms with E-state index >= 15 is 0 Å². The molecule has 24 heavy (non-hydrogen) atoms. The van der Waals surface area contributed by atoms with Crippen molar-refractivity contribution in [3.05, 3.63) is 59.7 Å². The molecule has 3 rings (SSSR count). The predicted molar refractivity (Wildman–Crippen MR) is 90.4 cm³/mol. The number of hydrogen-bond acceptors (Lipinski definition) is 3. The molecule has 1 aliphatic rings. The number of amides is 2. The van der Waals surface area contributed by atoms with E-state index in [1.54, 1.807) is 18.2 Å². The molecule has 2 aromatic carbocycles. The lowest BCUT2D eigenvalue weighted by molar-refractivity contribution is 0.155. The Morgan fingerprint density at radius 1 is 1.25 bits per heavy atom. The molecule has 0 aromatic heterocycles. The van der Waals surface area contributed by atoms with Gasteiger partial charge in [0, 0.05) is 11.7 Å². The van der Waals surface area contributed by atoms with E-state index in [1.807, 2.05) is 37.3 Å². The molecule has 0 saturated carbocycles. The molecule has 1 atom stereocenters. The van der Waals surface area contributed by atoms with Crippen LogP contribution >= 0.6 is 0 Å². The van der Waals surface area contributed by atoms with Gasteiger partial charge in [0.25, 0.3) is 0 Å². The predicted octanol–water partition coefficient (Wildman–Crippen LogP) is 3.86. The van der Waals surface area contributed by atoms with Crippen molar-refractivity contribution in [1.82, 2.24) is 0 Å². The normalized spacial score (nSPS) is 15.7. The fourth-order valence-electron chi connectivity index (χ4n) is 2.88. The van der Waals surface area contributed by atoms with E-state index in [1.165, 1.54) is 4.90 Å². The Morgan fingerprint density at radius 3 is 2.71 bits per heavy atom. The van der Waals surface area contributed by atoms with Crippen LogP contribution in [-0.2, 0) is 17.8 Å². The van der Waals surface area contributed by atoms with E-state index in [0.717, 1.165) is 11.1 Å². The Bertz CT molecular complexity index is 761. The molecule has 0 fully saturated rings. The van der Waals surface area contributed by atoms with Crippen LogP contribution < -0.4 is 10.2 Å². The maximum absolute atomic E-state index is 11.9. The number of anilines is 2. The lowest BCUT2D eigenvalue weighted by Crippen LogP contribution is -2.34. The monoisotopic (exact) mass is 326 g/mol. The summed E-state index contributed by atoms with van der Waals surface area (Å²) in [5.41, 5.74) is 3.06. The number of hydrogen-bond donors (Lipinski definition) is 2. The molecule has 2 aromatic rings. The molecule has 124 valence electrons. The summed E-state index contributed by atoms with van der Waals surface area (Å²) in [6, 6.07) is 14.5. The first-order valence-electron chi connectivity index (χ1n) is 7.67. The minimum Gasteiger partial charge on any atom is -0.465 e. The van der Waals surface area contributed by atoms with Gasteiger partial charge >= 0.3 is 12.2 Å². The third kappa shape index (κ3) is 3.32. The lowest BCUT2D eigenvalue weighted by atomic mass is 10.1. The molecule has 0 spiro atoms. The molecular formula is C18H18N2O4. The Hall–Kier alpha value is -3.02. The van der Waals surface area contributed by atoms with E-state index in [0.29, 0.717) is 17.8 Å². The molecule has 6 nitrogen and oxygen atoms in total. The highest BCUT2D eigenvalue weighted by Gasteiger charge is 2.30. The van der Waals surface area contributed by atoms with Crippen LogP contribution in [0.25, 0.3) is 0 Å². The highest BCUT2D eigenvalue weighted by molar-refractivity contribution is 5.91. The van der Waals surface area contributed by atoms with E-state index in [4.69, 9.17) is 4.74 Å². The van der Waals surface area contributed by atoms with Gasteiger partial charge in [0.15, 0.2) is 0 Å². The fraction of sp³-hybridized carbons (Fsp3) is 0.222. The molecule has 1 heterocycles. The first-order chi connectivity index (χ1) is 11.5. The van der Waals surface area contributed by atoms with Crippen LogP contribution in [0.15, 0.2) is 48.5 Å². The zero-order valence-corrected chi connectivity index (χ0v) is 13.2. The Balaban J connectivity index is 1.63. The molecule has 2 N–H and O–H groups in total. The first-order valence-corrected chi connectivity index (χ1v) is 7.67. The van der Waals surface area contributed by atoms with Gasteiger partial charge in [0.05, 0.1) is 5.69 Å². The molecule has 0 saturated heterocycles. The van der Waals surface area contributed by atoms with Gasteiger partial charge < -0.3 is 9.84 Å². The molecule has 0 unspecified atom stereocenters. The number of carbonyl (C=O) groups excluding carboxylic acids is 1. The van der Waals surface area contributed by atoms with E-state index in [9.17, 15) is 14.7 Å². The summed E-state index contributed by atoms with van der Waals surface area (Å²) in [4.78, 5) is 24.5. The van der Waals surface area contributed by atoms with Crippen LogP contribution in [0.5, 0.6) is 0 Å². The SMILES string of the molecule is C[C@@H]1Cc2cc(NC(=O)OCc3ccccc3)ccc2N1C(=O)O. The number of carboxylic acid groups (broad SMARTS) is 1. The number of nitrogens with zero attached hydrogens (tertiary/aromatic N) is 1. The summed E-state index contributed by atoms with van der Waals surface area (Å²) in [6.07, 6.45) is -0.889. The van der Waals surface area contributed by atoms with E-state index in [2.05, 4.69) is 5.32 Å². The van der Waals surface area contributed by atoms with Crippen LogP contribution in [0, 0.1) is 0 Å². The standard InChI is InChI=1S/C18H18N2O4/c1-12-9-14-10-15(7-8-16(14)20(12)18(22)23)19-17(21)24-11-13-5-3-2-4-6-13/h2-8,10,12H,9,11H2,1H3,(H,19,21)(H,22,23)/t12-/m1/s1. The second-order valence-corrected chi connectivity index (χ2v) is 5.74. The van der Waals surface area contributed by atoms with Crippen LogP contribution in [0.3, 0.4) is 0 Å². The second kappa shape index (κ2) is 6.62. The Morgan fingerprint density at radius 2 is 2.00 bits per heavy atom. The smallest absolute Gasteiger partial charge is 0.412 e. The molecule has 0 aliphatic carbocycles. The zero-order chi connectivity index (χ0) is 17.1. The van der Waals surface area contributed by atoms with Gasteiger partial charge in [-0.3, -0.25) is 10.2 Å². The van der Waals surface area contributed by atoms with Crippen LogP contribution in [-0.4, -0.2) is 23.3 Å². The van der Waals surface area contributed by atoms with Gasteiger partial charge in [-0.2, -0.15) is 0 Å². The number of fused-ring (bicyclic) bond motifs is 1. The highest BCUT2D eigenvalue weighted by Crippen LogP contribution is 2.34. The number of nitrogens with one attached hydrogen (secondary N) is 1. The van der Waals surface area contributed by atoms with Gasteiger partial charge in [-0.15, -0.1) is 0 Å². The summed E-state index contributed by atoms with van der Waals surface area (Å²) in [7, 11) is 0. The fourth-order valence-corrected chi connectivity index (χ4v) is 2.88. The quantitative estimate of drug-likeness (QED) is 0.897. The van der Waals surface area contributed by atoms with Crippen LogP contribution in [0.4, 0.5) is 21.0 Å². The maximum Gasteiger partial charge on any atom is 0.412 e. The minimum atomic E-state index is -0.968. The van der Waals surface area contributed by atoms with E-state index in [-0.39, 0.29) is 12.6 Å². The molecular weight excluding hydrogens is 308 g/mol. The third-order valence-corrected chi connectivity index (χ3v) is 3.96. The van der Waals surface area contributed by atoms with Crippen molar-refractivity contribution >= 4 is 23.6 Å². The van der Waals surface area contributed by atoms with Gasteiger partial charge in [-0.1, -0.05) is 30.3 Å². The summed E-state index contributed by atoms with van der Waals surface area (Å²) in [5.74, 6) is 0. The second-order valence-electron chi connectivity index (χ2n) is 5.74. The average molecular weight is 326 g/mol. The number of ether oxygens (including phenoxy) is 1. The van der Waals surface area contributed by atoms with Crippen LogP contribution in [0.2, 0.25) is 0 Å². The Kier molecular flexibility index (Phi) is 4.37. The van der Waals surface area contributed by atoms with Gasteiger partial charge in [-0.05, 0) is 42.7 Å². The zero-order valence-electron chi connectivity index (χ0n) is 13.2.